The lowest BCUT2D eigenvalue weighted by molar-refractivity contribution is 0.409. The fourth-order valence-electron chi connectivity index (χ4n) is 0.813. The molecule has 0 heterocycles. The van der Waals surface area contributed by atoms with Crippen LogP contribution in [-0.4, -0.2) is 41.3 Å². The molecule has 0 saturated heterocycles. The Hall–Kier alpha value is 0.0700. The highest BCUT2D eigenvalue weighted by Gasteiger charge is 2.04. The highest BCUT2D eigenvalue weighted by molar-refractivity contribution is 8.00. The maximum absolute atomic E-state index is 11.3. The van der Waals surface area contributed by atoms with Gasteiger partial charge in [-0.3, -0.25) is 9.35 Å². The average molecular weight is 180 g/mol. The van der Waals surface area contributed by atoms with Crippen molar-refractivity contribution in [1.29, 1.82) is 0 Å². The molecule has 11 heavy (non-hydrogen) atoms. The third-order valence-electron chi connectivity index (χ3n) is 1.68. The molecule has 0 amide bonds. The molecule has 0 aromatic rings. The monoisotopic (exact) mass is 180 g/mol. The minimum Gasteiger partial charge on any atom is -0.309 e. The van der Waals surface area contributed by atoms with E-state index in [2.05, 4.69) is 4.90 Å². The normalized spacial score (nSPS) is 13.9. The van der Waals surface area contributed by atoms with Gasteiger partial charge in [-0.05, 0) is 27.1 Å². The molecule has 0 aliphatic rings. The number of hydrogen-bond acceptors (Lipinski definition) is 2. The molecule has 0 unspecified atom stereocenters. The number of hydrogen-bond donors (Lipinski definition) is 2. The maximum Gasteiger partial charge on any atom is 0.0138 e. The van der Waals surface area contributed by atoms with E-state index in [4.69, 9.17) is 5.14 Å². The first-order valence-electron chi connectivity index (χ1n) is 3.99. The van der Waals surface area contributed by atoms with E-state index in [0.29, 0.717) is 11.5 Å². The third kappa shape index (κ3) is 6.47. The second kappa shape index (κ2) is 4.85. The summed E-state index contributed by atoms with van der Waals surface area (Å²) in [4.78, 5) is 2.08. The van der Waals surface area contributed by atoms with Crippen molar-refractivity contribution >= 4 is 10.1 Å². The minimum atomic E-state index is -2.26. The summed E-state index contributed by atoms with van der Waals surface area (Å²) in [5, 5.41) is 5.54. The van der Waals surface area contributed by atoms with Crippen LogP contribution in [0.5, 0.6) is 0 Å². The van der Waals surface area contributed by atoms with Gasteiger partial charge in [0.2, 0.25) is 0 Å². The predicted octanol–water partition coefficient (Wildman–Crippen LogP) is -0.152. The summed E-state index contributed by atoms with van der Waals surface area (Å²) in [5.41, 5.74) is 0. The van der Waals surface area contributed by atoms with Gasteiger partial charge in [-0.15, -0.1) is 0 Å². The molecule has 0 radical (unpaired) electrons. The van der Waals surface area contributed by atoms with E-state index in [1.165, 1.54) is 0 Å². The zero-order valence-corrected chi connectivity index (χ0v) is 8.60. The van der Waals surface area contributed by atoms with E-state index in [1.807, 2.05) is 21.0 Å². The summed E-state index contributed by atoms with van der Waals surface area (Å²) >= 11 is 0. The minimum absolute atomic E-state index is 0.625. The molecule has 0 aliphatic carbocycles. The van der Waals surface area contributed by atoms with E-state index < -0.39 is 10.1 Å². The molecular weight excluding hydrogens is 160 g/mol. The zero-order chi connectivity index (χ0) is 8.91. The Morgan fingerprint density at radius 1 is 1.45 bits per heavy atom. The Labute approximate surface area is 70.5 Å². The lowest BCUT2D eigenvalue weighted by Gasteiger charge is -2.17. The van der Waals surface area contributed by atoms with E-state index in [0.717, 1.165) is 13.0 Å². The summed E-state index contributed by atoms with van der Waals surface area (Å²) < 4.78 is 11.3. The van der Waals surface area contributed by atoms with E-state index >= 15 is 0 Å². The summed E-state index contributed by atoms with van der Waals surface area (Å²) in [6.45, 7) is 2.86. The standard InChI is InChI=1S/C7H20N2OS/c1-4-11(8,10)7-5-6-9(2)3/h11H,4-7H2,1-3H3,(H2,8,10). The molecule has 0 atom stereocenters. The van der Waals surface area contributed by atoms with Crippen LogP contribution in [0.4, 0.5) is 0 Å². The van der Waals surface area contributed by atoms with Crippen molar-refractivity contribution in [3.8, 4) is 0 Å². The quantitative estimate of drug-likeness (QED) is 0.578. The molecule has 0 spiro atoms. The lowest BCUT2D eigenvalue weighted by atomic mass is 10.5. The SMILES string of the molecule is CC[SH](N)(=O)CCCN(C)C. The van der Waals surface area contributed by atoms with Crippen LogP contribution in [-0.2, 0) is 10.1 Å². The number of nitrogens with zero attached hydrogens (tertiary/aromatic N) is 1. The van der Waals surface area contributed by atoms with E-state index in [9.17, 15) is 4.21 Å². The van der Waals surface area contributed by atoms with Crippen LogP contribution in [0.2, 0.25) is 0 Å². The molecule has 0 aromatic carbocycles. The van der Waals surface area contributed by atoms with E-state index in [-0.39, 0.29) is 0 Å². The summed E-state index contributed by atoms with van der Waals surface area (Å²) in [5.74, 6) is 1.31. The summed E-state index contributed by atoms with van der Waals surface area (Å²) in [7, 11) is 1.76. The van der Waals surface area contributed by atoms with Crippen molar-refractivity contribution in [2.75, 3.05) is 32.1 Å². The molecule has 4 heteroatoms. The van der Waals surface area contributed by atoms with Crippen molar-refractivity contribution in [2.45, 2.75) is 13.3 Å². The summed E-state index contributed by atoms with van der Waals surface area (Å²) in [6.07, 6.45) is 0.939. The fourth-order valence-corrected chi connectivity index (χ4v) is 1.81. The van der Waals surface area contributed by atoms with Gasteiger partial charge in [0.05, 0.1) is 0 Å². The van der Waals surface area contributed by atoms with Gasteiger partial charge in [0.25, 0.3) is 0 Å². The molecule has 0 rings (SSSR count). The van der Waals surface area contributed by atoms with E-state index in [1.54, 1.807) is 0 Å². The highest BCUT2D eigenvalue weighted by atomic mass is 32.3. The second-order valence-electron chi connectivity index (χ2n) is 3.15. The molecule has 2 N–H and O–H groups in total. The van der Waals surface area contributed by atoms with Crippen LogP contribution in [0.1, 0.15) is 13.3 Å². The largest absolute Gasteiger partial charge is 0.309 e. The molecule has 0 bridgehead atoms. The van der Waals surface area contributed by atoms with Gasteiger partial charge >= 0.3 is 0 Å². The Morgan fingerprint density at radius 2 is 2.00 bits per heavy atom. The van der Waals surface area contributed by atoms with Crippen molar-refractivity contribution in [2.24, 2.45) is 5.14 Å². The topological polar surface area (TPSA) is 46.3 Å². The fraction of sp³-hybridized carbons (Fsp3) is 1.00. The van der Waals surface area contributed by atoms with Gasteiger partial charge in [0.15, 0.2) is 0 Å². The van der Waals surface area contributed by atoms with Gasteiger partial charge in [0.1, 0.15) is 0 Å². The van der Waals surface area contributed by atoms with Crippen molar-refractivity contribution in [3.63, 3.8) is 0 Å². The van der Waals surface area contributed by atoms with Gasteiger partial charge < -0.3 is 4.90 Å². The number of nitrogens with two attached hydrogens (primary N) is 1. The average Bonchev–Trinajstić information content (AvgIpc) is 1.87. The Bertz CT molecular complexity index is 147. The smallest absolute Gasteiger partial charge is 0.0138 e. The molecular formula is C7H20N2OS. The van der Waals surface area contributed by atoms with Crippen LogP contribution in [0.15, 0.2) is 0 Å². The van der Waals surface area contributed by atoms with Crippen molar-refractivity contribution in [3.05, 3.63) is 0 Å². The van der Waals surface area contributed by atoms with Crippen molar-refractivity contribution in [1.82, 2.24) is 4.90 Å². The third-order valence-corrected chi connectivity index (χ3v) is 3.82. The maximum atomic E-state index is 11.3. The lowest BCUT2D eigenvalue weighted by Crippen LogP contribution is -2.30. The Balaban J connectivity index is 3.46. The summed E-state index contributed by atoms with van der Waals surface area (Å²) in [6, 6.07) is 0. The highest BCUT2D eigenvalue weighted by Crippen LogP contribution is 1.97. The van der Waals surface area contributed by atoms with Gasteiger partial charge in [-0.1, -0.05) is 17.0 Å². The zero-order valence-electron chi connectivity index (χ0n) is 7.71. The van der Waals surface area contributed by atoms with Gasteiger partial charge in [0, 0.05) is 11.5 Å². The van der Waals surface area contributed by atoms with Gasteiger partial charge in [-0.25, -0.2) is 0 Å². The molecule has 3 nitrogen and oxygen atoms in total. The van der Waals surface area contributed by atoms with Crippen LogP contribution >= 0.6 is 0 Å². The molecule has 0 saturated carbocycles. The number of thiol groups is 1. The molecule has 0 fully saturated rings. The molecule has 0 aromatic heterocycles. The van der Waals surface area contributed by atoms with Crippen LogP contribution in [0, 0.1) is 0 Å². The first-order valence-corrected chi connectivity index (χ1v) is 6.14. The Kier molecular flexibility index (Phi) is 4.88. The van der Waals surface area contributed by atoms with Crippen LogP contribution in [0.3, 0.4) is 0 Å². The molecule has 70 valence electrons. The first kappa shape index (κ1) is 11.1. The Morgan fingerprint density at radius 3 is 2.36 bits per heavy atom. The predicted molar refractivity (Wildman–Crippen MR) is 52.3 cm³/mol. The number of rotatable bonds is 5. The van der Waals surface area contributed by atoms with Crippen molar-refractivity contribution < 1.29 is 4.21 Å². The first-order chi connectivity index (χ1) is 4.98. The van der Waals surface area contributed by atoms with Crippen LogP contribution in [0.25, 0.3) is 0 Å². The molecule has 0 aliphatic heterocycles. The second-order valence-corrected chi connectivity index (χ2v) is 6.13. The van der Waals surface area contributed by atoms with Crippen LogP contribution < -0.4 is 5.14 Å². The van der Waals surface area contributed by atoms with Gasteiger partial charge in [-0.2, -0.15) is 0 Å².